The number of hydrogen-bond acceptors (Lipinski definition) is 5. The molecule has 1 aliphatic rings. The van der Waals surface area contributed by atoms with Crippen molar-refractivity contribution in [3.8, 4) is 0 Å². The summed E-state index contributed by atoms with van der Waals surface area (Å²) in [6.07, 6.45) is 2.15. The van der Waals surface area contributed by atoms with Gasteiger partial charge in [-0.25, -0.2) is 4.98 Å². The quantitative estimate of drug-likeness (QED) is 0.871. The third-order valence-electron chi connectivity index (χ3n) is 3.09. The summed E-state index contributed by atoms with van der Waals surface area (Å²) in [6, 6.07) is 0.348. The van der Waals surface area contributed by atoms with E-state index in [0.29, 0.717) is 19.1 Å². The van der Waals surface area contributed by atoms with Crippen LogP contribution in [0, 0.1) is 0 Å². The summed E-state index contributed by atoms with van der Waals surface area (Å²) < 4.78 is 0. The Kier molecular flexibility index (Phi) is 4.46. The number of anilines is 1. The van der Waals surface area contributed by atoms with E-state index < -0.39 is 5.60 Å². The molecule has 0 aliphatic heterocycles. The van der Waals surface area contributed by atoms with Crippen LogP contribution in [0.25, 0.3) is 0 Å². The van der Waals surface area contributed by atoms with Crippen molar-refractivity contribution in [2.24, 2.45) is 0 Å². The van der Waals surface area contributed by atoms with Gasteiger partial charge in [0, 0.05) is 31.4 Å². The van der Waals surface area contributed by atoms with Crippen molar-refractivity contribution < 1.29 is 9.90 Å². The molecule has 2 rings (SSSR count). The Morgan fingerprint density at radius 2 is 2.20 bits per heavy atom. The standard InChI is InChI=1S/C14H23N3O2S/c1-10(18)17(12-5-6-12)13-15-11(8-20-13)7-16(4)9-14(2,3)19/h8,12,19H,5-7,9H2,1-4H3. The third-order valence-corrected chi connectivity index (χ3v) is 3.97. The fraction of sp³-hybridized carbons (Fsp3) is 0.714. The van der Waals surface area contributed by atoms with Gasteiger partial charge in [-0.1, -0.05) is 0 Å². The van der Waals surface area contributed by atoms with E-state index in [9.17, 15) is 9.90 Å². The Morgan fingerprint density at radius 1 is 1.55 bits per heavy atom. The number of amides is 1. The van der Waals surface area contributed by atoms with Gasteiger partial charge in [-0.3, -0.25) is 14.6 Å². The lowest BCUT2D eigenvalue weighted by atomic mass is 10.1. The van der Waals surface area contributed by atoms with Gasteiger partial charge in [0.2, 0.25) is 5.91 Å². The number of carbonyl (C=O) groups is 1. The van der Waals surface area contributed by atoms with Crippen molar-refractivity contribution in [2.75, 3.05) is 18.5 Å². The second-order valence-electron chi connectivity index (χ2n) is 6.23. The minimum absolute atomic E-state index is 0.0678. The molecule has 0 bridgehead atoms. The second kappa shape index (κ2) is 5.79. The monoisotopic (exact) mass is 297 g/mol. The van der Waals surface area contributed by atoms with Crippen LogP contribution in [0.5, 0.6) is 0 Å². The number of rotatable bonds is 6. The number of aromatic nitrogens is 1. The van der Waals surface area contributed by atoms with Gasteiger partial charge < -0.3 is 5.11 Å². The Bertz CT molecular complexity index is 477. The molecule has 1 aromatic rings. The molecule has 1 aliphatic carbocycles. The molecule has 5 nitrogen and oxygen atoms in total. The molecule has 0 spiro atoms. The maximum absolute atomic E-state index is 11.7. The summed E-state index contributed by atoms with van der Waals surface area (Å²) >= 11 is 1.52. The van der Waals surface area contributed by atoms with Crippen molar-refractivity contribution in [2.45, 2.75) is 51.8 Å². The first-order valence-electron chi connectivity index (χ1n) is 6.91. The largest absolute Gasteiger partial charge is 0.389 e. The molecule has 0 radical (unpaired) electrons. The van der Waals surface area contributed by atoms with Gasteiger partial charge in [-0.2, -0.15) is 0 Å². The van der Waals surface area contributed by atoms with Crippen LogP contribution in [0.1, 0.15) is 39.3 Å². The van der Waals surface area contributed by atoms with Gasteiger partial charge in [0.1, 0.15) is 0 Å². The zero-order chi connectivity index (χ0) is 14.9. The van der Waals surface area contributed by atoms with E-state index in [1.165, 1.54) is 11.3 Å². The van der Waals surface area contributed by atoms with Crippen molar-refractivity contribution >= 4 is 22.4 Å². The molecule has 0 atom stereocenters. The van der Waals surface area contributed by atoms with Crippen LogP contribution < -0.4 is 4.90 Å². The first-order chi connectivity index (χ1) is 9.26. The fourth-order valence-electron chi connectivity index (χ4n) is 2.35. The van der Waals surface area contributed by atoms with E-state index in [2.05, 4.69) is 4.98 Å². The lowest BCUT2D eigenvalue weighted by Crippen LogP contribution is -2.36. The molecule has 1 heterocycles. The van der Waals surface area contributed by atoms with E-state index in [1.54, 1.807) is 20.8 Å². The minimum atomic E-state index is -0.715. The molecule has 6 heteroatoms. The molecule has 1 aromatic heterocycles. The molecule has 0 saturated heterocycles. The van der Waals surface area contributed by atoms with Gasteiger partial charge in [0.15, 0.2) is 5.13 Å². The lowest BCUT2D eigenvalue weighted by molar-refractivity contribution is -0.116. The Labute approximate surface area is 124 Å². The Morgan fingerprint density at radius 3 is 2.70 bits per heavy atom. The SMILES string of the molecule is CC(=O)N(c1nc(CN(C)CC(C)(C)O)cs1)C1CC1. The topological polar surface area (TPSA) is 56.7 Å². The molecule has 1 fully saturated rings. The number of thiazole rings is 1. The normalized spacial score (nSPS) is 15.7. The average molecular weight is 297 g/mol. The highest BCUT2D eigenvalue weighted by Crippen LogP contribution is 2.33. The lowest BCUT2D eigenvalue weighted by Gasteiger charge is -2.24. The first kappa shape index (κ1) is 15.4. The number of nitrogens with zero attached hydrogens (tertiary/aromatic N) is 3. The third kappa shape index (κ3) is 4.26. The maximum Gasteiger partial charge on any atom is 0.225 e. The van der Waals surface area contributed by atoms with E-state index in [0.717, 1.165) is 23.7 Å². The van der Waals surface area contributed by atoms with Crippen LogP contribution in [-0.2, 0) is 11.3 Å². The predicted octanol–water partition coefficient (Wildman–Crippen LogP) is 1.86. The minimum Gasteiger partial charge on any atom is -0.389 e. The summed E-state index contributed by atoms with van der Waals surface area (Å²) in [5.41, 5.74) is 0.233. The van der Waals surface area contributed by atoms with Crippen LogP contribution in [0.4, 0.5) is 5.13 Å². The van der Waals surface area contributed by atoms with E-state index in [-0.39, 0.29) is 5.91 Å². The molecule has 1 saturated carbocycles. The average Bonchev–Trinajstić information content (AvgIpc) is 2.97. The Hall–Kier alpha value is -0.980. The van der Waals surface area contributed by atoms with Crippen molar-refractivity contribution in [1.82, 2.24) is 9.88 Å². The summed E-state index contributed by atoms with van der Waals surface area (Å²) in [7, 11) is 1.96. The molecule has 0 aromatic carbocycles. The number of aliphatic hydroxyl groups is 1. The number of likely N-dealkylation sites (N-methyl/N-ethyl adjacent to an activating group) is 1. The van der Waals surface area contributed by atoms with Crippen LogP contribution in [0.2, 0.25) is 0 Å². The predicted molar refractivity (Wildman–Crippen MR) is 80.9 cm³/mol. The van der Waals surface area contributed by atoms with Crippen molar-refractivity contribution in [1.29, 1.82) is 0 Å². The van der Waals surface area contributed by atoms with Crippen LogP contribution >= 0.6 is 11.3 Å². The maximum atomic E-state index is 11.7. The summed E-state index contributed by atoms with van der Waals surface area (Å²) in [5.74, 6) is 0.0678. The number of hydrogen-bond donors (Lipinski definition) is 1. The van der Waals surface area contributed by atoms with Crippen molar-refractivity contribution in [3.63, 3.8) is 0 Å². The van der Waals surface area contributed by atoms with Crippen LogP contribution in [-0.4, -0.2) is 46.1 Å². The van der Waals surface area contributed by atoms with Crippen LogP contribution in [0.3, 0.4) is 0 Å². The van der Waals surface area contributed by atoms with E-state index in [4.69, 9.17) is 0 Å². The molecular formula is C14H23N3O2S. The molecular weight excluding hydrogens is 274 g/mol. The molecule has 112 valence electrons. The summed E-state index contributed by atoms with van der Waals surface area (Å²) in [5, 5.41) is 12.6. The van der Waals surface area contributed by atoms with E-state index >= 15 is 0 Å². The molecule has 0 unspecified atom stereocenters. The Balaban J connectivity index is 1.99. The smallest absolute Gasteiger partial charge is 0.225 e. The van der Waals surface area contributed by atoms with E-state index in [1.807, 2.05) is 22.2 Å². The zero-order valence-corrected chi connectivity index (χ0v) is 13.4. The molecule has 1 N–H and O–H groups in total. The second-order valence-corrected chi connectivity index (χ2v) is 7.06. The highest BCUT2D eigenvalue weighted by Gasteiger charge is 2.33. The van der Waals surface area contributed by atoms with Crippen LogP contribution in [0.15, 0.2) is 5.38 Å². The summed E-state index contributed by atoms with van der Waals surface area (Å²) in [6.45, 7) is 6.44. The molecule has 20 heavy (non-hydrogen) atoms. The van der Waals surface area contributed by atoms with Gasteiger partial charge in [-0.15, -0.1) is 11.3 Å². The highest BCUT2D eigenvalue weighted by molar-refractivity contribution is 7.14. The van der Waals surface area contributed by atoms with Gasteiger partial charge >= 0.3 is 0 Å². The van der Waals surface area contributed by atoms with Gasteiger partial charge in [0.05, 0.1) is 11.3 Å². The highest BCUT2D eigenvalue weighted by atomic mass is 32.1. The summed E-state index contributed by atoms with van der Waals surface area (Å²) in [4.78, 5) is 20.1. The zero-order valence-electron chi connectivity index (χ0n) is 12.6. The van der Waals surface area contributed by atoms with Crippen molar-refractivity contribution in [3.05, 3.63) is 11.1 Å². The van der Waals surface area contributed by atoms with Gasteiger partial charge in [-0.05, 0) is 33.7 Å². The first-order valence-corrected chi connectivity index (χ1v) is 7.79. The molecule has 1 amide bonds. The fourth-order valence-corrected chi connectivity index (χ4v) is 3.28. The number of carbonyl (C=O) groups excluding carboxylic acids is 1. The van der Waals surface area contributed by atoms with Gasteiger partial charge in [0.25, 0.3) is 0 Å².